The van der Waals surface area contributed by atoms with Crippen molar-refractivity contribution in [2.75, 3.05) is 32.7 Å². The molecule has 0 aromatic rings. The normalized spacial score (nSPS) is 18.6. The SMILES string of the molecule is CCCCNC(=O)C(C)NCCN1CCCCC1. The molecule has 0 radical (unpaired) electrons. The Labute approximate surface area is 111 Å². The van der Waals surface area contributed by atoms with Crippen LogP contribution in [0.3, 0.4) is 0 Å². The molecule has 106 valence electrons. The molecule has 1 unspecified atom stereocenters. The average Bonchev–Trinajstić information content (AvgIpc) is 2.40. The molecule has 18 heavy (non-hydrogen) atoms. The summed E-state index contributed by atoms with van der Waals surface area (Å²) in [6.45, 7) is 9.28. The van der Waals surface area contributed by atoms with Gasteiger partial charge >= 0.3 is 0 Å². The minimum Gasteiger partial charge on any atom is -0.355 e. The fourth-order valence-corrected chi connectivity index (χ4v) is 2.26. The third-order valence-electron chi connectivity index (χ3n) is 3.55. The van der Waals surface area contributed by atoms with Crippen LogP contribution in [0, 0.1) is 0 Å². The number of unbranched alkanes of at least 4 members (excludes halogenated alkanes) is 1. The lowest BCUT2D eigenvalue weighted by Gasteiger charge is -2.27. The molecular formula is C14H29N3O. The highest BCUT2D eigenvalue weighted by Gasteiger charge is 2.13. The first kappa shape index (κ1) is 15.4. The van der Waals surface area contributed by atoms with Gasteiger partial charge < -0.3 is 15.5 Å². The lowest BCUT2D eigenvalue weighted by Crippen LogP contribution is -2.45. The third-order valence-corrected chi connectivity index (χ3v) is 3.55. The van der Waals surface area contributed by atoms with Gasteiger partial charge in [-0.2, -0.15) is 0 Å². The van der Waals surface area contributed by atoms with Crippen LogP contribution in [-0.2, 0) is 4.79 Å². The number of carbonyl (C=O) groups is 1. The summed E-state index contributed by atoms with van der Waals surface area (Å²) in [7, 11) is 0. The average molecular weight is 255 g/mol. The van der Waals surface area contributed by atoms with Gasteiger partial charge in [-0.3, -0.25) is 4.79 Å². The summed E-state index contributed by atoms with van der Waals surface area (Å²) < 4.78 is 0. The van der Waals surface area contributed by atoms with E-state index in [-0.39, 0.29) is 11.9 Å². The highest BCUT2D eigenvalue weighted by Crippen LogP contribution is 2.07. The molecule has 1 aliphatic heterocycles. The second-order valence-corrected chi connectivity index (χ2v) is 5.22. The molecule has 1 amide bonds. The molecule has 4 heteroatoms. The molecule has 4 nitrogen and oxygen atoms in total. The van der Waals surface area contributed by atoms with Gasteiger partial charge in [0.2, 0.25) is 5.91 Å². The van der Waals surface area contributed by atoms with Gasteiger partial charge in [0.25, 0.3) is 0 Å². The smallest absolute Gasteiger partial charge is 0.236 e. The van der Waals surface area contributed by atoms with Gasteiger partial charge in [-0.05, 0) is 39.3 Å². The fraction of sp³-hybridized carbons (Fsp3) is 0.929. The Morgan fingerprint density at radius 3 is 2.61 bits per heavy atom. The monoisotopic (exact) mass is 255 g/mol. The van der Waals surface area contributed by atoms with Crippen molar-refractivity contribution >= 4 is 5.91 Å². The highest BCUT2D eigenvalue weighted by molar-refractivity contribution is 5.81. The lowest BCUT2D eigenvalue weighted by molar-refractivity contribution is -0.122. The van der Waals surface area contributed by atoms with E-state index in [1.165, 1.54) is 32.4 Å². The van der Waals surface area contributed by atoms with E-state index in [0.717, 1.165) is 32.5 Å². The Hall–Kier alpha value is -0.610. The number of rotatable bonds is 8. The van der Waals surface area contributed by atoms with Crippen LogP contribution in [0.15, 0.2) is 0 Å². The van der Waals surface area contributed by atoms with Crippen molar-refractivity contribution in [1.82, 2.24) is 15.5 Å². The number of amides is 1. The van der Waals surface area contributed by atoms with Crippen molar-refractivity contribution in [3.8, 4) is 0 Å². The summed E-state index contributed by atoms with van der Waals surface area (Å²) >= 11 is 0. The van der Waals surface area contributed by atoms with E-state index in [2.05, 4.69) is 22.5 Å². The first-order chi connectivity index (χ1) is 8.74. The van der Waals surface area contributed by atoms with E-state index in [1.54, 1.807) is 0 Å². The molecule has 1 fully saturated rings. The lowest BCUT2D eigenvalue weighted by atomic mass is 10.1. The predicted octanol–water partition coefficient (Wildman–Crippen LogP) is 1.37. The van der Waals surface area contributed by atoms with E-state index >= 15 is 0 Å². The first-order valence-corrected chi connectivity index (χ1v) is 7.47. The van der Waals surface area contributed by atoms with Gasteiger partial charge in [-0.15, -0.1) is 0 Å². The summed E-state index contributed by atoms with van der Waals surface area (Å²) in [5.41, 5.74) is 0. The Morgan fingerprint density at radius 2 is 1.94 bits per heavy atom. The molecule has 2 N–H and O–H groups in total. The molecule has 1 aliphatic rings. The zero-order valence-electron chi connectivity index (χ0n) is 12.0. The van der Waals surface area contributed by atoms with Gasteiger partial charge in [0.1, 0.15) is 0 Å². The van der Waals surface area contributed by atoms with Crippen molar-refractivity contribution < 1.29 is 4.79 Å². The van der Waals surface area contributed by atoms with Crippen molar-refractivity contribution in [1.29, 1.82) is 0 Å². The number of nitrogens with one attached hydrogen (secondary N) is 2. The topological polar surface area (TPSA) is 44.4 Å². The van der Waals surface area contributed by atoms with E-state index in [9.17, 15) is 4.79 Å². The maximum absolute atomic E-state index is 11.7. The molecule has 1 saturated heterocycles. The number of hydrogen-bond donors (Lipinski definition) is 2. The van der Waals surface area contributed by atoms with Crippen molar-refractivity contribution in [3.05, 3.63) is 0 Å². The van der Waals surface area contributed by atoms with Crippen LogP contribution in [0.1, 0.15) is 46.0 Å². The Kier molecular flexibility index (Phi) is 8.01. The van der Waals surface area contributed by atoms with Crippen LogP contribution in [0.25, 0.3) is 0 Å². The largest absolute Gasteiger partial charge is 0.355 e. The molecule has 0 aliphatic carbocycles. The first-order valence-electron chi connectivity index (χ1n) is 7.47. The number of nitrogens with zero attached hydrogens (tertiary/aromatic N) is 1. The van der Waals surface area contributed by atoms with Crippen molar-refractivity contribution in [2.24, 2.45) is 0 Å². The van der Waals surface area contributed by atoms with Crippen LogP contribution >= 0.6 is 0 Å². The van der Waals surface area contributed by atoms with Crippen molar-refractivity contribution in [2.45, 2.75) is 52.0 Å². The molecule has 0 aromatic carbocycles. The van der Waals surface area contributed by atoms with E-state index in [4.69, 9.17) is 0 Å². The van der Waals surface area contributed by atoms with Crippen LogP contribution in [-0.4, -0.2) is 49.6 Å². The van der Waals surface area contributed by atoms with E-state index in [0.29, 0.717) is 0 Å². The summed E-state index contributed by atoms with van der Waals surface area (Å²) in [4.78, 5) is 14.2. The highest BCUT2D eigenvalue weighted by atomic mass is 16.2. The summed E-state index contributed by atoms with van der Waals surface area (Å²) in [6.07, 6.45) is 6.21. The third kappa shape index (κ3) is 6.36. The van der Waals surface area contributed by atoms with Gasteiger partial charge in [0, 0.05) is 19.6 Å². The minimum atomic E-state index is -0.0772. The molecule has 0 spiro atoms. The molecule has 1 atom stereocenters. The van der Waals surface area contributed by atoms with Gasteiger partial charge in [0.05, 0.1) is 6.04 Å². The number of piperidine rings is 1. The van der Waals surface area contributed by atoms with Crippen molar-refractivity contribution in [3.63, 3.8) is 0 Å². The standard InChI is InChI=1S/C14H29N3O/c1-3-4-8-16-14(18)13(2)15-9-12-17-10-6-5-7-11-17/h13,15H,3-12H2,1-2H3,(H,16,18). The maximum Gasteiger partial charge on any atom is 0.236 e. The number of hydrogen-bond acceptors (Lipinski definition) is 3. The number of likely N-dealkylation sites (tertiary alicyclic amines) is 1. The van der Waals surface area contributed by atoms with Gasteiger partial charge in [0.15, 0.2) is 0 Å². The summed E-state index contributed by atoms with van der Waals surface area (Å²) in [6, 6.07) is -0.0772. The maximum atomic E-state index is 11.7. The zero-order chi connectivity index (χ0) is 13.2. The Morgan fingerprint density at radius 1 is 1.22 bits per heavy atom. The van der Waals surface area contributed by atoms with E-state index in [1.807, 2.05) is 6.92 Å². The molecule has 0 saturated carbocycles. The van der Waals surface area contributed by atoms with Gasteiger partial charge in [-0.1, -0.05) is 19.8 Å². The predicted molar refractivity (Wildman–Crippen MR) is 75.7 cm³/mol. The number of carbonyl (C=O) groups excluding carboxylic acids is 1. The van der Waals surface area contributed by atoms with E-state index < -0.39 is 0 Å². The molecular weight excluding hydrogens is 226 g/mol. The quantitative estimate of drug-likeness (QED) is 0.644. The van der Waals surface area contributed by atoms with Crippen LogP contribution in [0.5, 0.6) is 0 Å². The van der Waals surface area contributed by atoms with Crippen LogP contribution in [0.4, 0.5) is 0 Å². The minimum absolute atomic E-state index is 0.0772. The Balaban J connectivity index is 2.04. The van der Waals surface area contributed by atoms with Crippen LogP contribution in [0.2, 0.25) is 0 Å². The second kappa shape index (κ2) is 9.34. The molecule has 0 bridgehead atoms. The second-order valence-electron chi connectivity index (χ2n) is 5.22. The Bertz CT molecular complexity index is 227. The summed E-state index contributed by atoms with van der Waals surface area (Å²) in [5, 5.41) is 6.26. The zero-order valence-corrected chi connectivity index (χ0v) is 12.0. The van der Waals surface area contributed by atoms with Crippen LogP contribution < -0.4 is 10.6 Å². The molecule has 1 heterocycles. The molecule has 0 aromatic heterocycles. The fourth-order valence-electron chi connectivity index (χ4n) is 2.26. The molecule has 1 rings (SSSR count). The summed E-state index contributed by atoms with van der Waals surface area (Å²) in [5.74, 6) is 0.127. The van der Waals surface area contributed by atoms with Gasteiger partial charge in [-0.25, -0.2) is 0 Å².